The minimum atomic E-state index is 0.220. The Morgan fingerprint density at radius 1 is 1.18 bits per heavy atom. The van der Waals surface area contributed by atoms with Crippen LogP contribution in [0.4, 0.5) is 0 Å². The van der Waals surface area contributed by atoms with Gasteiger partial charge in [0.1, 0.15) is 5.78 Å². The van der Waals surface area contributed by atoms with Crippen molar-refractivity contribution >= 4 is 5.78 Å². The maximum absolute atomic E-state index is 11.5. The summed E-state index contributed by atoms with van der Waals surface area (Å²) in [6.45, 7) is 11.1. The zero-order valence-electron chi connectivity index (χ0n) is 12.0. The zero-order valence-corrected chi connectivity index (χ0v) is 12.0. The molecular formula is C15H29NO. The van der Waals surface area contributed by atoms with Crippen molar-refractivity contribution in [3.05, 3.63) is 0 Å². The van der Waals surface area contributed by atoms with Gasteiger partial charge in [-0.3, -0.25) is 4.79 Å². The third-order valence-corrected chi connectivity index (χ3v) is 4.06. The van der Waals surface area contributed by atoms with Gasteiger partial charge in [-0.2, -0.15) is 0 Å². The third kappa shape index (κ3) is 5.20. The number of carbonyl (C=O) groups is 1. The number of piperidine rings is 1. The van der Waals surface area contributed by atoms with Crippen LogP contribution >= 0.6 is 0 Å². The van der Waals surface area contributed by atoms with Crippen molar-refractivity contribution in [3.8, 4) is 0 Å². The molecule has 1 aliphatic heterocycles. The van der Waals surface area contributed by atoms with E-state index in [9.17, 15) is 4.79 Å². The molecule has 0 radical (unpaired) electrons. The van der Waals surface area contributed by atoms with E-state index in [2.05, 4.69) is 18.7 Å². The number of rotatable bonds is 6. The molecule has 0 aromatic rings. The molecule has 0 unspecified atom stereocenters. The average Bonchev–Trinajstić information content (AvgIpc) is 2.29. The fourth-order valence-electron chi connectivity index (χ4n) is 2.61. The second kappa shape index (κ2) is 7.15. The van der Waals surface area contributed by atoms with Gasteiger partial charge in [0, 0.05) is 18.4 Å². The normalized spacial score (nSPS) is 19.2. The van der Waals surface area contributed by atoms with Gasteiger partial charge in [-0.05, 0) is 58.5 Å². The standard InChI is InChI=1S/C15H29NO/c1-12(2)15(17)7-5-6-14-8-10-16(11-9-14)13(3)4/h12-14H,5-11H2,1-4H3. The van der Waals surface area contributed by atoms with E-state index in [-0.39, 0.29) is 5.92 Å². The summed E-state index contributed by atoms with van der Waals surface area (Å²) in [4.78, 5) is 14.1. The quantitative estimate of drug-likeness (QED) is 0.707. The molecule has 100 valence electrons. The predicted molar refractivity (Wildman–Crippen MR) is 73.1 cm³/mol. The number of hydrogen-bond acceptors (Lipinski definition) is 2. The van der Waals surface area contributed by atoms with Gasteiger partial charge in [0.25, 0.3) is 0 Å². The summed E-state index contributed by atoms with van der Waals surface area (Å²) in [6, 6.07) is 0.693. The van der Waals surface area contributed by atoms with Crippen molar-refractivity contribution in [1.29, 1.82) is 0 Å². The van der Waals surface area contributed by atoms with E-state index in [1.165, 1.54) is 32.4 Å². The first-order valence-corrected chi connectivity index (χ1v) is 7.27. The van der Waals surface area contributed by atoms with Crippen LogP contribution in [0.5, 0.6) is 0 Å². The van der Waals surface area contributed by atoms with Crippen LogP contribution in [0.25, 0.3) is 0 Å². The van der Waals surface area contributed by atoms with Crippen LogP contribution in [0, 0.1) is 11.8 Å². The smallest absolute Gasteiger partial charge is 0.135 e. The lowest BCUT2D eigenvalue weighted by Crippen LogP contribution is -2.38. The first-order chi connectivity index (χ1) is 8.00. The molecule has 1 rings (SSSR count). The second-order valence-corrected chi connectivity index (χ2v) is 6.09. The van der Waals surface area contributed by atoms with Crippen LogP contribution in [0.2, 0.25) is 0 Å². The fourth-order valence-corrected chi connectivity index (χ4v) is 2.61. The Bertz CT molecular complexity index is 227. The minimum absolute atomic E-state index is 0.220. The lowest BCUT2D eigenvalue weighted by atomic mass is 9.90. The molecule has 0 spiro atoms. The fraction of sp³-hybridized carbons (Fsp3) is 0.933. The zero-order chi connectivity index (χ0) is 12.8. The molecule has 0 N–H and O–H groups in total. The molecule has 0 amide bonds. The Labute approximate surface area is 107 Å². The SMILES string of the molecule is CC(C)C(=O)CCCC1CCN(C(C)C)CC1. The average molecular weight is 239 g/mol. The van der Waals surface area contributed by atoms with Crippen molar-refractivity contribution in [1.82, 2.24) is 4.90 Å². The molecule has 0 atom stereocenters. The molecule has 0 aliphatic carbocycles. The lowest BCUT2D eigenvalue weighted by Gasteiger charge is -2.34. The number of likely N-dealkylation sites (tertiary alicyclic amines) is 1. The number of hydrogen-bond donors (Lipinski definition) is 0. The first kappa shape index (κ1) is 14.7. The van der Waals surface area contributed by atoms with E-state index >= 15 is 0 Å². The Balaban J connectivity index is 2.12. The number of carbonyl (C=O) groups excluding carboxylic acids is 1. The summed E-state index contributed by atoms with van der Waals surface area (Å²) in [6.07, 6.45) is 5.80. The van der Waals surface area contributed by atoms with Gasteiger partial charge in [-0.15, -0.1) is 0 Å². The molecule has 0 saturated carbocycles. The van der Waals surface area contributed by atoms with Gasteiger partial charge in [-0.25, -0.2) is 0 Å². The second-order valence-electron chi connectivity index (χ2n) is 6.09. The van der Waals surface area contributed by atoms with Crippen LogP contribution in [0.15, 0.2) is 0 Å². The van der Waals surface area contributed by atoms with Crippen LogP contribution < -0.4 is 0 Å². The van der Waals surface area contributed by atoms with E-state index in [0.29, 0.717) is 11.8 Å². The molecule has 2 nitrogen and oxygen atoms in total. The summed E-state index contributed by atoms with van der Waals surface area (Å²) in [7, 11) is 0. The van der Waals surface area contributed by atoms with E-state index in [4.69, 9.17) is 0 Å². The van der Waals surface area contributed by atoms with Gasteiger partial charge in [-0.1, -0.05) is 13.8 Å². The van der Waals surface area contributed by atoms with Crippen molar-refractivity contribution in [2.75, 3.05) is 13.1 Å². The number of nitrogens with zero attached hydrogens (tertiary/aromatic N) is 1. The van der Waals surface area contributed by atoms with E-state index < -0.39 is 0 Å². The predicted octanol–water partition coefficient (Wildman–Crippen LogP) is 3.50. The molecule has 1 aliphatic rings. The highest BCUT2D eigenvalue weighted by atomic mass is 16.1. The van der Waals surface area contributed by atoms with Crippen LogP contribution in [-0.4, -0.2) is 29.8 Å². The largest absolute Gasteiger partial charge is 0.301 e. The van der Waals surface area contributed by atoms with Gasteiger partial charge in [0.05, 0.1) is 0 Å². The lowest BCUT2D eigenvalue weighted by molar-refractivity contribution is -0.122. The topological polar surface area (TPSA) is 20.3 Å². The summed E-state index contributed by atoms with van der Waals surface area (Å²) in [5.41, 5.74) is 0. The van der Waals surface area contributed by atoms with Crippen LogP contribution in [-0.2, 0) is 4.79 Å². The number of Topliss-reactive ketones (excluding diaryl/α,β-unsaturated/α-hetero) is 1. The maximum atomic E-state index is 11.5. The van der Waals surface area contributed by atoms with E-state index in [1.54, 1.807) is 0 Å². The molecule has 1 saturated heterocycles. The van der Waals surface area contributed by atoms with E-state index in [1.807, 2.05) is 13.8 Å². The van der Waals surface area contributed by atoms with Gasteiger partial charge in [0.2, 0.25) is 0 Å². The van der Waals surface area contributed by atoms with Crippen molar-refractivity contribution in [2.45, 2.75) is 65.8 Å². The Morgan fingerprint density at radius 2 is 1.76 bits per heavy atom. The molecule has 0 bridgehead atoms. The Morgan fingerprint density at radius 3 is 2.24 bits per heavy atom. The van der Waals surface area contributed by atoms with Crippen LogP contribution in [0.3, 0.4) is 0 Å². The van der Waals surface area contributed by atoms with Crippen molar-refractivity contribution in [3.63, 3.8) is 0 Å². The number of ketones is 1. The molecule has 1 fully saturated rings. The highest BCUT2D eigenvalue weighted by molar-refractivity contribution is 5.80. The summed E-state index contributed by atoms with van der Waals surface area (Å²) in [5, 5.41) is 0. The summed E-state index contributed by atoms with van der Waals surface area (Å²) in [5.74, 6) is 1.52. The Hall–Kier alpha value is -0.370. The Kier molecular flexibility index (Phi) is 6.18. The van der Waals surface area contributed by atoms with Crippen LogP contribution in [0.1, 0.15) is 59.8 Å². The molecule has 0 aromatic carbocycles. The highest BCUT2D eigenvalue weighted by Gasteiger charge is 2.20. The van der Waals surface area contributed by atoms with E-state index in [0.717, 1.165) is 18.8 Å². The molecule has 1 heterocycles. The third-order valence-electron chi connectivity index (χ3n) is 4.06. The van der Waals surface area contributed by atoms with Gasteiger partial charge < -0.3 is 4.90 Å². The molecular weight excluding hydrogens is 210 g/mol. The van der Waals surface area contributed by atoms with Crippen molar-refractivity contribution < 1.29 is 4.79 Å². The first-order valence-electron chi connectivity index (χ1n) is 7.27. The summed E-state index contributed by atoms with van der Waals surface area (Å²) < 4.78 is 0. The van der Waals surface area contributed by atoms with Crippen molar-refractivity contribution in [2.24, 2.45) is 11.8 Å². The monoisotopic (exact) mass is 239 g/mol. The molecule has 0 aromatic heterocycles. The minimum Gasteiger partial charge on any atom is -0.301 e. The maximum Gasteiger partial charge on any atom is 0.135 e. The van der Waals surface area contributed by atoms with Gasteiger partial charge in [0.15, 0.2) is 0 Å². The highest BCUT2D eigenvalue weighted by Crippen LogP contribution is 2.23. The summed E-state index contributed by atoms with van der Waals surface area (Å²) >= 11 is 0. The molecule has 17 heavy (non-hydrogen) atoms. The molecule has 2 heteroatoms. The van der Waals surface area contributed by atoms with Gasteiger partial charge >= 0.3 is 0 Å².